The van der Waals surface area contributed by atoms with Gasteiger partial charge in [0.1, 0.15) is 11.9 Å². The lowest BCUT2D eigenvalue weighted by Crippen LogP contribution is -2.16. The molecule has 0 bridgehead atoms. The summed E-state index contributed by atoms with van der Waals surface area (Å²) in [6.45, 7) is 4.75. The maximum Gasteiger partial charge on any atom is 0.161 e. The van der Waals surface area contributed by atoms with E-state index >= 15 is 0 Å². The van der Waals surface area contributed by atoms with Gasteiger partial charge in [0.2, 0.25) is 0 Å². The smallest absolute Gasteiger partial charge is 0.161 e. The molecule has 2 aromatic rings. The van der Waals surface area contributed by atoms with E-state index in [0.717, 1.165) is 13.1 Å². The number of nitrogens with one attached hydrogen (secondary N) is 1. The molecule has 1 heterocycles. The Kier molecular flexibility index (Phi) is 5.76. The fraction of sp³-hybridized carbons (Fsp3) is 0.294. The first kappa shape index (κ1) is 16.3. The van der Waals surface area contributed by atoms with E-state index in [1.165, 1.54) is 11.1 Å². The highest BCUT2D eigenvalue weighted by Crippen LogP contribution is 2.16. The van der Waals surface area contributed by atoms with Gasteiger partial charge in [0, 0.05) is 13.1 Å². The summed E-state index contributed by atoms with van der Waals surface area (Å²) in [5.41, 5.74) is 2.70. The molecule has 0 fully saturated rings. The van der Waals surface area contributed by atoms with Crippen LogP contribution in [0.15, 0.2) is 36.4 Å². The summed E-state index contributed by atoms with van der Waals surface area (Å²) in [5, 5.41) is 12.5. The monoisotopic (exact) mass is 314 g/mol. The fourth-order valence-electron chi connectivity index (χ4n) is 2.07. The molecule has 1 aromatic heterocycles. The molecule has 1 aromatic carbocycles. The van der Waals surface area contributed by atoms with E-state index in [0.29, 0.717) is 17.4 Å². The zero-order valence-electron chi connectivity index (χ0n) is 12.8. The average molecular weight is 315 g/mol. The van der Waals surface area contributed by atoms with Crippen molar-refractivity contribution in [3.8, 4) is 6.07 Å². The Morgan fingerprint density at radius 2 is 2.05 bits per heavy atom. The molecule has 5 heteroatoms. The number of rotatable bonds is 6. The predicted octanol–water partition coefficient (Wildman–Crippen LogP) is 3.67. The number of hydrogen-bond acceptors (Lipinski definition) is 4. The summed E-state index contributed by atoms with van der Waals surface area (Å²) in [6, 6.07) is 13.9. The summed E-state index contributed by atoms with van der Waals surface area (Å²) in [5.74, 6) is 0.650. The molecule has 4 nitrogen and oxygen atoms in total. The van der Waals surface area contributed by atoms with Crippen LogP contribution in [0.1, 0.15) is 23.7 Å². The number of aromatic nitrogens is 1. The van der Waals surface area contributed by atoms with Gasteiger partial charge in [-0.1, -0.05) is 42.8 Å². The first-order valence-corrected chi connectivity index (χ1v) is 7.57. The lowest BCUT2D eigenvalue weighted by molar-refractivity contribution is 0.345. The lowest BCUT2D eigenvalue weighted by Gasteiger charge is -2.14. The van der Waals surface area contributed by atoms with Crippen LogP contribution in [0.4, 0.5) is 5.82 Å². The third-order valence-corrected chi connectivity index (χ3v) is 3.71. The number of hydrogen-bond donors (Lipinski definition) is 1. The summed E-state index contributed by atoms with van der Waals surface area (Å²) >= 11 is 5.88. The van der Waals surface area contributed by atoms with Crippen molar-refractivity contribution in [1.82, 2.24) is 9.88 Å². The van der Waals surface area contributed by atoms with E-state index in [2.05, 4.69) is 53.4 Å². The van der Waals surface area contributed by atoms with Gasteiger partial charge in [0.25, 0.3) is 0 Å². The third kappa shape index (κ3) is 4.45. The number of benzene rings is 1. The van der Waals surface area contributed by atoms with E-state index in [1.807, 2.05) is 6.07 Å². The van der Waals surface area contributed by atoms with Crippen LogP contribution < -0.4 is 5.32 Å². The molecule has 22 heavy (non-hydrogen) atoms. The number of nitriles is 1. The zero-order chi connectivity index (χ0) is 15.9. The molecular weight excluding hydrogens is 296 g/mol. The molecule has 1 N–H and O–H groups in total. The third-order valence-electron chi connectivity index (χ3n) is 3.41. The Labute approximate surface area is 136 Å². The molecular formula is C17H19ClN4. The molecule has 0 aliphatic carbocycles. The van der Waals surface area contributed by atoms with E-state index in [-0.39, 0.29) is 5.69 Å². The van der Waals surface area contributed by atoms with Gasteiger partial charge in [-0.3, -0.25) is 0 Å². The van der Waals surface area contributed by atoms with E-state index in [9.17, 15) is 0 Å². The van der Waals surface area contributed by atoms with Crippen LogP contribution in [0, 0.1) is 11.3 Å². The summed E-state index contributed by atoms with van der Waals surface area (Å²) in [4.78, 5) is 6.43. The van der Waals surface area contributed by atoms with Crippen LogP contribution in [0.3, 0.4) is 0 Å². The van der Waals surface area contributed by atoms with Crippen LogP contribution in [0.5, 0.6) is 0 Å². The highest BCUT2D eigenvalue weighted by Gasteiger charge is 2.04. The highest BCUT2D eigenvalue weighted by atomic mass is 35.5. The standard InChI is InChI=1S/C17H19ClN4/c1-3-22(2)12-14-6-4-5-13(9-14)11-20-17-8-7-15(18)16(10-19)21-17/h4-9H,3,11-12H2,1-2H3,(H,20,21). The highest BCUT2D eigenvalue weighted by molar-refractivity contribution is 6.31. The number of anilines is 1. The van der Waals surface area contributed by atoms with Crippen molar-refractivity contribution in [2.24, 2.45) is 0 Å². The van der Waals surface area contributed by atoms with Gasteiger partial charge < -0.3 is 10.2 Å². The van der Waals surface area contributed by atoms with Gasteiger partial charge in [0.05, 0.1) is 5.02 Å². The van der Waals surface area contributed by atoms with E-state index < -0.39 is 0 Å². The molecule has 114 valence electrons. The molecule has 0 aliphatic heterocycles. The Morgan fingerprint density at radius 3 is 2.77 bits per heavy atom. The minimum absolute atomic E-state index is 0.241. The normalized spacial score (nSPS) is 10.5. The largest absolute Gasteiger partial charge is 0.366 e. The number of nitrogens with zero attached hydrogens (tertiary/aromatic N) is 3. The first-order valence-electron chi connectivity index (χ1n) is 7.19. The molecule has 0 amide bonds. The Morgan fingerprint density at radius 1 is 1.27 bits per heavy atom. The molecule has 0 saturated carbocycles. The maximum absolute atomic E-state index is 8.94. The average Bonchev–Trinajstić information content (AvgIpc) is 2.54. The Bertz CT molecular complexity index is 679. The topological polar surface area (TPSA) is 52.0 Å². The fourth-order valence-corrected chi connectivity index (χ4v) is 2.22. The second kappa shape index (κ2) is 7.79. The summed E-state index contributed by atoms with van der Waals surface area (Å²) in [6.07, 6.45) is 0. The summed E-state index contributed by atoms with van der Waals surface area (Å²) in [7, 11) is 2.10. The minimum atomic E-state index is 0.241. The molecule has 0 aliphatic rings. The van der Waals surface area contributed by atoms with Gasteiger partial charge >= 0.3 is 0 Å². The Balaban J connectivity index is 2.02. The SMILES string of the molecule is CCN(C)Cc1cccc(CNc2ccc(Cl)c(C#N)n2)c1. The van der Waals surface area contributed by atoms with Crippen molar-refractivity contribution in [2.75, 3.05) is 18.9 Å². The molecule has 0 unspecified atom stereocenters. The van der Waals surface area contributed by atoms with Crippen LogP contribution >= 0.6 is 11.6 Å². The molecule has 0 atom stereocenters. The van der Waals surface area contributed by atoms with Crippen LogP contribution in [0.2, 0.25) is 5.02 Å². The molecule has 0 radical (unpaired) electrons. The second-order valence-electron chi connectivity index (χ2n) is 5.14. The molecule has 2 rings (SSSR count). The van der Waals surface area contributed by atoms with Crippen molar-refractivity contribution in [3.63, 3.8) is 0 Å². The second-order valence-corrected chi connectivity index (χ2v) is 5.55. The van der Waals surface area contributed by atoms with Gasteiger partial charge in [-0.25, -0.2) is 4.98 Å². The predicted molar refractivity (Wildman–Crippen MR) is 89.7 cm³/mol. The van der Waals surface area contributed by atoms with Crippen LogP contribution in [-0.2, 0) is 13.1 Å². The van der Waals surface area contributed by atoms with Crippen LogP contribution in [-0.4, -0.2) is 23.5 Å². The quantitative estimate of drug-likeness (QED) is 0.884. The Hall–Kier alpha value is -2.09. The van der Waals surface area contributed by atoms with Gasteiger partial charge in [0.15, 0.2) is 5.69 Å². The summed E-state index contributed by atoms with van der Waals surface area (Å²) < 4.78 is 0. The van der Waals surface area contributed by atoms with Crippen molar-refractivity contribution in [2.45, 2.75) is 20.0 Å². The van der Waals surface area contributed by atoms with E-state index in [4.69, 9.17) is 16.9 Å². The molecule has 0 spiro atoms. The van der Waals surface area contributed by atoms with Crippen molar-refractivity contribution in [1.29, 1.82) is 5.26 Å². The first-order chi connectivity index (χ1) is 10.6. The van der Waals surface area contributed by atoms with E-state index in [1.54, 1.807) is 12.1 Å². The lowest BCUT2D eigenvalue weighted by atomic mass is 10.1. The van der Waals surface area contributed by atoms with Gasteiger partial charge in [-0.15, -0.1) is 0 Å². The van der Waals surface area contributed by atoms with Crippen molar-refractivity contribution < 1.29 is 0 Å². The van der Waals surface area contributed by atoms with Gasteiger partial charge in [-0.05, 0) is 36.9 Å². The number of pyridine rings is 1. The molecule has 0 saturated heterocycles. The van der Waals surface area contributed by atoms with Gasteiger partial charge in [-0.2, -0.15) is 5.26 Å². The zero-order valence-corrected chi connectivity index (χ0v) is 13.6. The maximum atomic E-state index is 8.94. The number of halogens is 1. The minimum Gasteiger partial charge on any atom is -0.366 e. The van der Waals surface area contributed by atoms with Crippen molar-refractivity contribution in [3.05, 3.63) is 58.2 Å². The van der Waals surface area contributed by atoms with Crippen molar-refractivity contribution >= 4 is 17.4 Å². The van der Waals surface area contributed by atoms with Crippen LogP contribution in [0.25, 0.3) is 0 Å².